The van der Waals surface area contributed by atoms with Crippen LogP contribution in [0.25, 0.3) is 20.5 Å². The molecule has 0 fully saturated rings. The van der Waals surface area contributed by atoms with Crippen molar-refractivity contribution in [2.75, 3.05) is 13.1 Å². The second-order valence-corrected chi connectivity index (χ2v) is 17.4. The summed E-state index contributed by atoms with van der Waals surface area (Å²) in [5.41, 5.74) is 10.2. The van der Waals surface area contributed by atoms with E-state index in [9.17, 15) is 19.8 Å². The normalized spacial score (nSPS) is 24.9. The van der Waals surface area contributed by atoms with E-state index in [0.717, 1.165) is 80.5 Å². The van der Waals surface area contributed by atoms with Crippen molar-refractivity contribution in [1.29, 1.82) is 0 Å². The fourth-order valence-electron chi connectivity index (χ4n) is 9.65. The summed E-state index contributed by atoms with van der Waals surface area (Å²) in [6, 6.07) is 20.8. The van der Waals surface area contributed by atoms with Gasteiger partial charge in [-0.25, -0.2) is 0 Å². The van der Waals surface area contributed by atoms with Gasteiger partial charge in [0.05, 0.1) is 33.1 Å². The molecular formula is C42H36N2O4S2+2. The summed E-state index contributed by atoms with van der Waals surface area (Å²) >= 11 is 2.90. The van der Waals surface area contributed by atoms with Crippen molar-refractivity contribution in [3.8, 4) is 0 Å². The first-order valence-electron chi connectivity index (χ1n) is 17.5. The number of fused-ring (bicyclic) bond motifs is 5. The van der Waals surface area contributed by atoms with Crippen molar-refractivity contribution in [1.82, 2.24) is 0 Å². The highest BCUT2D eigenvalue weighted by atomic mass is 32.1. The Morgan fingerprint density at radius 2 is 1.00 bits per heavy atom. The molecule has 0 bridgehead atoms. The van der Waals surface area contributed by atoms with Crippen LogP contribution in [0.2, 0.25) is 0 Å². The van der Waals surface area contributed by atoms with Crippen LogP contribution in [0.3, 0.4) is 0 Å². The van der Waals surface area contributed by atoms with Crippen molar-refractivity contribution >= 4 is 77.6 Å². The van der Waals surface area contributed by atoms with E-state index >= 15 is 0 Å². The van der Waals surface area contributed by atoms with Crippen LogP contribution in [-0.4, -0.2) is 55.4 Å². The monoisotopic (exact) mass is 696 g/mol. The summed E-state index contributed by atoms with van der Waals surface area (Å²) in [5, 5.41) is 22.9. The van der Waals surface area contributed by atoms with Crippen molar-refractivity contribution in [3.63, 3.8) is 0 Å². The first-order valence-corrected chi connectivity index (χ1v) is 19.1. The third-order valence-corrected chi connectivity index (χ3v) is 14.1. The number of Topliss-reactive ketones (excluding diaryl/α,β-unsaturated/α-hetero) is 2. The van der Waals surface area contributed by atoms with Gasteiger partial charge in [-0.3, -0.25) is 9.59 Å². The molecule has 0 radical (unpaired) electrons. The number of para-hydroxylation sites is 2. The lowest BCUT2D eigenvalue weighted by atomic mass is 9.73. The molecule has 0 saturated heterocycles. The molecular weight excluding hydrogens is 661 g/mol. The molecule has 6 nitrogen and oxygen atoms in total. The number of thiophene rings is 2. The van der Waals surface area contributed by atoms with Crippen LogP contribution in [0, 0.1) is 0 Å². The summed E-state index contributed by atoms with van der Waals surface area (Å²) in [4.78, 5) is 29.2. The van der Waals surface area contributed by atoms with E-state index in [4.69, 9.17) is 0 Å². The predicted octanol–water partition coefficient (Wildman–Crippen LogP) is 9.00. The number of hydrogen-bond acceptors (Lipinski definition) is 6. The molecule has 0 amide bonds. The van der Waals surface area contributed by atoms with E-state index in [1.165, 1.54) is 45.2 Å². The molecule has 0 spiro atoms. The Morgan fingerprint density at radius 1 is 0.600 bits per heavy atom. The molecule has 2 aromatic carbocycles. The Labute approximate surface area is 298 Å². The Morgan fingerprint density at radius 3 is 1.40 bits per heavy atom. The van der Waals surface area contributed by atoms with E-state index in [2.05, 4.69) is 85.4 Å². The second-order valence-electron chi connectivity index (χ2n) is 15.3. The standard InChI is InChI=1S/C42H34N2O4S2/c1-41(2)23-13-5-7-15-25(23)43-17-9-11-21(39(41)43)31-35(45)33(36(31)46)29-19-27-28(49-29)20-30(50-27)34-37(47)32(38(34)48)22-12-10-18-44-26-16-8-6-14-24(26)42(3,4)40(22)44/h5-8,13-16,19-20H,9-12,17-18H2,1-4H3/p+2. The number of allylic oxidation sites excluding steroid dienone is 6. The minimum atomic E-state index is -0.264. The van der Waals surface area contributed by atoms with Crippen molar-refractivity contribution < 1.29 is 29.0 Å². The number of aliphatic hydroxyl groups is 2. The quantitative estimate of drug-likeness (QED) is 0.162. The lowest BCUT2D eigenvalue weighted by Gasteiger charge is -2.28. The van der Waals surface area contributed by atoms with Gasteiger partial charge in [-0.15, -0.1) is 22.7 Å². The van der Waals surface area contributed by atoms with E-state index in [0.29, 0.717) is 22.3 Å². The van der Waals surface area contributed by atoms with E-state index in [1.54, 1.807) is 0 Å². The molecule has 0 saturated carbocycles. The molecule has 6 heterocycles. The van der Waals surface area contributed by atoms with Gasteiger partial charge in [0.2, 0.25) is 22.9 Å². The molecule has 50 heavy (non-hydrogen) atoms. The fraction of sp³-hybridized carbons (Fsp3) is 0.286. The van der Waals surface area contributed by atoms with Gasteiger partial charge in [-0.2, -0.15) is 9.15 Å². The smallest absolute Gasteiger partial charge is 0.209 e. The number of rotatable bonds is 2. The van der Waals surface area contributed by atoms with Gasteiger partial charge in [0.15, 0.2) is 11.4 Å². The lowest BCUT2D eigenvalue weighted by Crippen LogP contribution is -2.37. The number of ketones is 2. The Kier molecular flexibility index (Phi) is 6.03. The molecule has 2 N–H and O–H groups in total. The second kappa shape index (κ2) is 9.98. The molecule has 4 aromatic rings. The zero-order valence-corrected chi connectivity index (χ0v) is 30.1. The average molecular weight is 697 g/mol. The van der Waals surface area contributed by atoms with Crippen LogP contribution in [-0.2, 0) is 20.4 Å². The molecule has 6 aliphatic rings. The van der Waals surface area contributed by atoms with E-state index in [-0.39, 0.29) is 33.9 Å². The maximum absolute atomic E-state index is 13.8. The summed E-state index contributed by atoms with van der Waals surface area (Å²) in [6.45, 7) is 10.6. The number of benzene rings is 2. The third-order valence-electron chi connectivity index (χ3n) is 11.8. The minimum Gasteiger partial charge on any atom is -0.506 e. The highest BCUT2D eigenvalue weighted by Crippen LogP contribution is 2.52. The summed E-state index contributed by atoms with van der Waals surface area (Å²) < 4.78 is 6.54. The van der Waals surface area contributed by atoms with Crippen LogP contribution in [0.5, 0.6) is 0 Å². The minimum absolute atomic E-state index is 0.0852. The maximum atomic E-state index is 13.8. The lowest BCUT2D eigenvalue weighted by molar-refractivity contribution is -0.442. The van der Waals surface area contributed by atoms with Crippen LogP contribution in [0.4, 0.5) is 11.4 Å². The summed E-state index contributed by atoms with van der Waals surface area (Å²) in [7, 11) is 0. The number of carbonyl (C=O) groups is 2. The largest absolute Gasteiger partial charge is 0.506 e. The molecule has 0 unspecified atom stereocenters. The van der Waals surface area contributed by atoms with Crippen LogP contribution >= 0.6 is 22.7 Å². The van der Waals surface area contributed by atoms with Crippen molar-refractivity contribution in [2.24, 2.45) is 0 Å². The average Bonchev–Trinajstić information content (AvgIpc) is 3.79. The van der Waals surface area contributed by atoms with Gasteiger partial charge < -0.3 is 10.2 Å². The number of nitrogens with zero attached hydrogens (tertiary/aromatic N) is 2. The summed E-state index contributed by atoms with van der Waals surface area (Å²) in [5.74, 6) is -0.0341. The maximum Gasteiger partial charge on any atom is 0.209 e. The van der Waals surface area contributed by atoms with Gasteiger partial charge in [0.25, 0.3) is 0 Å². The molecule has 0 atom stereocenters. The van der Waals surface area contributed by atoms with Gasteiger partial charge in [-0.05, 0) is 52.7 Å². The number of aliphatic hydroxyl groups excluding tert-OH is 2. The third kappa shape index (κ3) is 3.68. The van der Waals surface area contributed by atoms with Crippen molar-refractivity contribution in [3.05, 3.63) is 115 Å². The van der Waals surface area contributed by atoms with Crippen LogP contribution < -0.4 is 0 Å². The van der Waals surface area contributed by atoms with Crippen LogP contribution in [0.15, 0.2) is 94.5 Å². The van der Waals surface area contributed by atoms with Gasteiger partial charge >= 0.3 is 0 Å². The first-order chi connectivity index (χ1) is 24.0. The Bertz CT molecular complexity index is 2340. The van der Waals surface area contributed by atoms with E-state index < -0.39 is 0 Å². The fourth-order valence-corrected chi connectivity index (χ4v) is 12.1. The van der Waals surface area contributed by atoms with Crippen molar-refractivity contribution in [2.45, 2.75) is 64.2 Å². The topological polar surface area (TPSA) is 80.6 Å². The van der Waals surface area contributed by atoms with Gasteiger partial charge in [-0.1, -0.05) is 36.4 Å². The zero-order valence-electron chi connectivity index (χ0n) is 28.4. The molecule has 2 aromatic heterocycles. The van der Waals surface area contributed by atoms with Crippen LogP contribution in [0.1, 0.15) is 74.3 Å². The Balaban J connectivity index is 0.996. The highest BCUT2D eigenvalue weighted by Gasteiger charge is 2.53. The zero-order chi connectivity index (χ0) is 34.4. The molecule has 8 heteroatoms. The SMILES string of the molecule is CC1(C)C2=[N+](CCCC2=C2C(=O)C(c3cc4sc(C5=C(O)C(=C6CCC[N+]7=C6C(C)(C)c6ccccc67)C5=O)cc4s3)=C2O)c2ccccc21. The molecule has 248 valence electrons. The van der Waals surface area contributed by atoms with Gasteiger partial charge in [0.1, 0.15) is 24.6 Å². The number of hydrogen-bond donors (Lipinski definition) is 2. The highest BCUT2D eigenvalue weighted by molar-refractivity contribution is 7.29. The Hall–Kier alpha value is -4.66. The molecule has 10 rings (SSSR count). The molecule has 4 aliphatic heterocycles. The predicted molar refractivity (Wildman–Crippen MR) is 200 cm³/mol. The first kappa shape index (κ1) is 30.2. The summed E-state index contributed by atoms with van der Waals surface area (Å²) in [6.07, 6.45) is 3.36. The molecule has 2 aliphatic carbocycles. The van der Waals surface area contributed by atoms with E-state index in [1.807, 2.05) is 12.1 Å². The van der Waals surface area contributed by atoms with Gasteiger partial charge in [0, 0.05) is 66.4 Å². The number of carbonyl (C=O) groups excluding carboxylic acids is 2.